The summed E-state index contributed by atoms with van der Waals surface area (Å²) in [4.78, 5) is 34.6. The number of pyridine rings is 1. The Bertz CT molecular complexity index is 682. The summed E-state index contributed by atoms with van der Waals surface area (Å²) in [6.07, 6.45) is 0.768. The minimum absolute atomic E-state index is 0.0443. The van der Waals surface area contributed by atoms with E-state index in [9.17, 15) is 14.4 Å². The fraction of sp³-hybridized carbons (Fsp3) is 0.222. The van der Waals surface area contributed by atoms with Gasteiger partial charge in [0.05, 0.1) is 17.9 Å². The number of carbonyl (C=O) groups is 3. The van der Waals surface area contributed by atoms with Crippen molar-refractivity contribution >= 4 is 18.6 Å². The molecule has 1 aromatic heterocycles. The molecule has 1 aromatic carbocycles. The zero-order valence-corrected chi connectivity index (χ0v) is 13.9. The van der Waals surface area contributed by atoms with Crippen LogP contribution in [0.2, 0.25) is 0 Å². The van der Waals surface area contributed by atoms with Crippen molar-refractivity contribution in [1.29, 1.82) is 0 Å². The Morgan fingerprint density at radius 1 is 1.16 bits per heavy atom. The van der Waals surface area contributed by atoms with Crippen LogP contribution >= 0.6 is 0 Å². The van der Waals surface area contributed by atoms with Crippen molar-refractivity contribution in [2.75, 3.05) is 6.61 Å². The van der Waals surface area contributed by atoms with Gasteiger partial charge in [0.1, 0.15) is 0 Å². The molecule has 0 aliphatic heterocycles. The zero-order chi connectivity index (χ0) is 18.7. The van der Waals surface area contributed by atoms with Crippen molar-refractivity contribution in [2.24, 2.45) is 5.92 Å². The van der Waals surface area contributed by atoms with E-state index in [4.69, 9.17) is 5.11 Å². The summed E-state index contributed by atoms with van der Waals surface area (Å²) in [7, 11) is 0. The van der Waals surface area contributed by atoms with E-state index in [1.54, 1.807) is 30.5 Å². The minimum atomic E-state index is -0.941. The van der Waals surface area contributed by atoms with Gasteiger partial charge in [0, 0.05) is 11.8 Å². The van der Waals surface area contributed by atoms with Gasteiger partial charge in [0.25, 0.3) is 0 Å². The van der Waals surface area contributed by atoms with Crippen LogP contribution in [0.5, 0.6) is 0 Å². The highest BCUT2D eigenvalue weighted by atomic mass is 16.7. The molecule has 0 unspecified atom stereocenters. The molecule has 1 heterocycles. The predicted molar refractivity (Wildman–Crippen MR) is 90.0 cm³/mol. The maximum Gasteiger partial charge on any atom is 0.515 e. The molecule has 0 aliphatic rings. The average Bonchev–Trinajstić information content (AvgIpc) is 2.62. The minimum Gasteiger partial charge on any atom is -0.478 e. The molecule has 0 saturated carbocycles. The molecule has 0 bridgehead atoms. The van der Waals surface area contributed by atoms with Crippen molar-refractivity contribution in [1.82, 2.24) is 4.98 Å². The van der Waals surface area contributed by atoms with Crippen LogP contribution in [-0.4, -0.2) is 35.3 Å². The second kappa shape index (κ2) is 10.5. The number of carboxylic acid groups (broad SMARTS) is 1. The van der Waals surface area contributed by atoms with Crippen molar-refractivity contribution in [3.05, 3.63) is 54.2 Å². The Hall–Kier alpha value is -3.22. The van der Waals surface area contributed by atoms with E-state index in [0.717, 1.165) is 11.3 Å². The summed E-state index contributed by atoms with van der Waals surface area (Å²) in [5.74, 6) is -0.665. The SMILES string of the molecule is CC(C)COC(=O)OC=O.O=C(O)c1ccc(-c2ccccn2)cc1. The number of carboxylic acids is 1. The number of hydrogen-bond acceptors (Lipinski definition) is 6. The molecule has 132 valence electrons. The summed E-state index contributed by atoms with van der Waals surface area (Å²) in [5.41, 5.74) is 2.05. The molecular formula is C18H19NO6. The van der Waals surface area contributed by atoms with E-state index in [1.165, 1.54) is 0 Å². The first-order chi connectivity index (χ1) is 11.9. The van der Waals surface area contributed by atoms with Crippen molar-refractivity contribution in [3.63, 3.8) is 0 Å². The van der Waals surface area contributed by atoms with E-state index < -0.39 is 12.1 Å². The molecule has 0 amide bonds. The van der Waals surface area contributed by atoms with Crippen LogP contribution in [0.25, 0.3) is 11.3 Å². The summed E-state index contributed by atoms with van der Waals surface area (Å²) >= 11 is 0. The molecule has 7 nitrogen and oxygen atoms in total. The molecule has 2 aromatic rings. The zero-order valence-electron chi connectivity index (χ0n) is 13.9. The first-order valence-corrected chi connectivity index (χ1v) is 7.45. The molecular weight excluding hydrogens is 326 g/mol. The first-order valence-electron chi connectivity index (χ1n) is 7.45. The lowest BCUT2D eigenvalue weighted by atomic mass is 10.1. The third-order valence-corrected chi connectivity index (χ3v) is 2.77. The maximum atomic E-state index is 10.6. The number of aromatic nitrogens is 1. The van der Waals surface area contributed by atoms with Crippen LogP contribution in [0.3, 0.4) is 0 Å². The number of carbonyl (C=O) groups excluding carboxylic acids is 2. The third-order valence-electron chi connectivity index (χ3n) is 2.77. The van der Waals surface area contributed by atoms with E-state index in [2.05, 4.69) is 14.5 Å². The molecule has 0 radical (unpaired) electrons. The molecule has 0 atom stereocenters. The highest BCUT2D eigenvalue weighted by molar-refractivity contribution is 5.88. The van der Waals surface area contributed by atoms with Crippen molar-refractivity contribution < 1.29 is 29.0 Å². The topological polar surface area (TPSA) is 103 Å². The smallest absolute Gasteiger partial charge is 0.478 e. The molecule has 2 rings (SSSR count). The predicted octanol–water partition coefficient (Wildman–Crippen LogP) is 3.40. The van der Waals surface area contributed by atoms with Gasteiger partial charge >= 0.3 is 18.6 Å². The fourth-order valence-electron chi connectivity index (χ4n) is 1.63. The Morgan fingerprint density at radius 2 is 1.84 bits per heavy atom. The number of hydrogen-bond donors (Lipinski definition) is 1. The van der Waals surface area contributed by atoms with Gasteiger partial charge in [-0.25, -0.2) is 9.59 Å². The second-order valence-electron chi connectivity index (χ2n) is 5.27. The number of ether oxygens (including phenoxy) is 2. The molecule has 0 spiro atoms. The third kappa shape index (κ3) is 7.74. The van der Waals surface area contributed by atoms with Gasteiger partial charge in [-0.1, -0.05) is 32.0 Å². The summed E-state index contributed by atoms with van der Waals surface area (Å²) in [6, 6.07) is 12.3. The number of nitrogens with zero attached hydrogens (tertiary/aromatic N) is 1. The lowest BCUT2D eigenvalue weighted by Crippen LogP contribution is -2.10. The Labute approximate surface area is 145 Å². The second-order valence-corrected chi connectivity index (χ2v) is 5.27. The molecule has 25 heavy (non-hydrogen) atoms. The van der Waals surface area contributed by atoms with Crippen LogP contribution in [0.4, 0.5) is 4.79 Å². The van der Waals surface area contributed by atoms with Crippen LogP contribution in [0, 0.1) is 5.92 Å². The average molecular weight is 345 g/mol. The highest BCUT2D eigenvalue weighted by Crippen LogP contribution is 2.16. The van der Waals surface area contributed by atoms with Crippen LogP contribution < -0.4 is 0 Å². The van der Waals surface area contributed by atoms with Gasteiger partial charge in [-0.15, -0.1) is 0 Å². The van der Waals surface area contributed by atoms with Crippen LogP contribution in [0.1, 0.15) is 24.2 Å². The monoisotopic (exact) mass is 345 g/mol. The van der Waals surface area contributed by atoms with E-state index in [0.29, 0.717) is 0 Å². The summed E-state index contributed by atoms with van der Waals surface area (Å²) < 4.78 is 8.30. The Balaban J connectivity index is 0.000000275. The maximum absolute atomic E-state index is 10.6. The normalized spacial score (nSPS) is 9.56. The van der Waals surface area contributed by atoms with E-state index in [1.807, 2.05) is 32.0 Å². The summed E-state index contributed by atoms with van der Waals surface area (Å²) in [6.45, 7) is 4.08. The standard InChI is InChI=1S/C12H9NO2.C6H10O4/c14-12(15)10-6-4-9(5-7-10)11-3-1-2-8-13-11;1-5(2)3-9-6(8)10-4-7/h1-8H,(H,14,15);4-5H,3H2,1-2H3. The number of benzene rings is 1. The molecule has 7 heteroatoms. The number of aromatic carboxylic acids is 1. The fourth-order valence-corrected chi connectivity index (χ4v) is 1.63. The molecule has 0 fully saturated rings. The van der Waals surface area contributed by atoms with Gasteiger partial charge in [-0.05, 0) is 30.2 Å². The van der Waals surface area contributed by atoms with Crippen LogP contribution in [-0.2, 0) is 14.3 Å². The van der Waals surface area contributed by atoms with Gasteiger partial charge < -0.3 is 14.6 Å². The van der Waals surface area contributed by atoms with Gasteiger partial charge in [0.15, 0.2) is 0 Å². The van der Waals surface area contributed by atoms with Crippen molar-refractivity contribution in [3.8, 4) is 11.3 Å². The lowest BCUT2D eigenvalue weighted by molar-refractivity contribution is -0.125. The Kier molecular flexibility index (Phi) is 8.35. The van der Waals surface area contributed by atoms with Gasteiger partial charge in [-0.3, -0.25) is 9.78 Å². The first kappa shape index (κ1) is 19.8. The summed E-state index contributed by atoms with van der Waals surface area (Å²) in [5, 5.41) is 8.73. The lowest BCUT2D eigenvalue weighted by Gasteiger charge is -2.03. The van der Waals surface area contributed by atoms with Crippen molar-refractivity contribution in [2.45, 2.75) is 13.8 Å². The van der Waals surface area contributed by atoms with E-state index >= 15 is 0 Å². The number of rotatable bonds is 5. The van der Waals surface area contributed by atoms with Gasteiger partial charge in [0.2, 0.25) is 0 Å². The van der Waals surface area contributed by atoms with E-state index in [-0.39, 0.29) is 24.6 Å². The molecule has 0 saturated heterocycles. The molecule has 0 aliphatic carbocycles. The largest absolute Gasteiger partial charge is 0.515 e. The quantitative estimate of drug-likeness (QED) is 0.503. The Morgan fingerprint density at radius 3 is 2.32 bits per heavy atom. The molecule has 1 N–H and O–H groups in total. The highest BCUT2D eigenvalue weighted by Gasteiger charge is 2.03. The van der Waals surface area contributed by atoms with Crippen LogP contribution in [0.15, 0.2) is 48.7 Å². The van der Waals surface area contributed by atoms with Gasteiger partial charge in [-0.2, -0.15) is 0 Å².